The number of amides is 3. The third-order valence-electron chi connectivity index (χ3n) is 8.00. The minimum absolute atomic E-state index is 0.00467. The van der Waals surface area contributed by atoms with Gasteiger partial charge in [0, 0.05) is 49.7 Å². The molecule has 0 aromatic heterocycles. The minimum atomic E-state index is -0.841. The number of piperidine rings is 2. The van der Waals surface area contributed by atoms with Crippen molar-refractivity contribution in [1.82, 2.24) is 20.4 Å². The van der Waals surface area contributed by atoms with Crippen molar-refractivity contribution in [2.75, 3.05) is 26.2 Å². The Morgan fingerprint density at radius 1 is 0.811 bits per heavy atom. The van der Waals surface area contributed by atoms with Crippen LogP contribution >= 0.6 is 0 Å². The maximum absolute atomic E-state index is 13.3. The van der Waals surface area contributed by atoms with Gasteiger partial charge in [-0.15, -0.1) is 0 Å². The largest absolute Gasteiger partial charge is 0.343 e. The second-order valence-electron chi connectivity index (χ2n) is 10.7. The lowest BCUT2D eigenvalue weighted by Crippen LogP contribution is -2.53. The fourth-order valence-electron chi connectivity index (χ4n) is 5.72. The van der Waals surface area contributed by atoms with E-state index in [2.05, 4.69) is 41.0 Å². The van der Waals surface area contributed by atoms with Crippen LogP contribution in [0.5, 0.6) is 0 Å². The van der Waals surface area contributed by atoms with Crippen LogP contribution in [0.3, 0.4) is 0 Å². The topological polar surface area (TPSA) is 81.8 Å². The van der Waals surface area contributed by atoms with Crippen LogP contribution in [0.2, 0.25) is 0 Å². The molecule has 3 atom stereocenters. The molecule has 3 amide bonds. The van der Waals surface area contributed by atoms with Crippen molar-refractivity contribution in [2.45, 2.75) is 69.0 Å². The first-order valence-corrected chi connectivity index (χ1v) is 13.8. The summed E-state index contributed by atoms with van der Waals surface area (Å²) >= 11 is 0. The summed E-state index contributed by atoms with van der Waals surface area (Å²) in [5.41, 5.74) is 1.89. The fourth-order valence-corrected chi connectivity index (χ4v) is 5.72. The average molecular weight is 503 g/mol. The summed E-state index contributed by atoms with van der Waals surface area (Å²) < 4.78 is 0. The SMILES string of the molecule is O=C(N[C@@H](CC(=O)N1CCC(N[C@@H]2C[C@H]2c2ccccc2)CC1)C(=O)N1CCCCC1)c1ccccc1. The Hall–Kier alpha value is -3.19. The lowest BCUT2D eigenvalue weighted by molar-refractivity contribution is -0.140. The molecule has 7 nitrogen and oxygen atoms in total. The molecular weight excluding hydrogens is 464 g/mol. The Kier molecular flexibility index (Phi) is 8.19. The van der Waals surface area contributed by atoms with E-state index in [0.29, 0.717) is 49.7 Å². The number of hydrogen-bond acceptors (Lipinski definition) is 4. The maximum atomic E-state index is 13.3. The molecule has 3 fully saturated rings. The van der Waals surface area contributed by atoms with E-state index in [-0.39, 0.29) is 24.1 Å². The summed E-state index contributed by atoms with van der Waals surface area (Å²) in [5, 5.41) is 6.67. The predicted molar refractivity (Wildman–Crippen MR) is 143 cm³/mol. The normalized spacial score (nSPS) is 22.8. The summed E-state index contributed by atoms with van der Waals surface area (Å²) in [5.74, 6) is 0.0741. The summed E-state index contributed by atoms with van der Waals surface area (Å²) in [7, 11) is 0. The van der Waals surface area contributed by atoms with Crippen LogP contribution in [-0.2, 0) is 9.59 Å². The van der Waals surface area contributed by atoms with E-state index in [1.165, 1.54) is 12.0 Å². The highest BCUT2D eigenvalue weighted by atomic mass is 16.2. The van der Waals surface area contributed by atoms with Crippen LogP contribution in [-0.4, -0.2) is 71.8 Å². The molecule has 37 heavy (non-hydrogen) atoms. The number of likely N-dealkylation sites (tertiary alicyclic amines) is 2. The number of carbonyl (C=O) groups excluding carboxylic acids is 3. The molecule has 2 N–H and O–H groups in total. The molecule has 7 heteroatoms. The van der Waals surface area contributed by atoms with Crippen LogP contribution in [0.25, 0.3) is 0 Å². The minimum Gasteiger partial charge on any atom is -0.343 e. The number of nitrogens with one attached hydrogen (secondary N) is 2. The number of rotatable bonds is 8. The molecule has 0 spiro atoms. The smallest absolute Gasteiger partial charge is 0.251 e. The Morgan fingerprint density at radius 3 is 2.14 bits per heavy atom. The molecule has 2 saturated heterocycles. The van der Waals surface area contributed by atoms with Crippen LogP contribution in [0, 0.1) is 0 Å². The first-order chi connectivity index (χ1) is 18.1. The van der Waals surface area contributed by atoms with Gasteiger partial charge in [-0.05, 0) is 56.2 Å². The molecule has 196 valence electrons. The summed E-state index contributed by atoms with van der Waals surface area (Å²) in [6.07, 6.45) is 6.03. The number of benzene rings is 2. The third-order valence-corrected chi connectivity index (χ3v) is 8.00. The molecule has 0 radical (unpaired) electrons. The number of nitrogens with zero attached hydrogens (tertiary/aromatic N) is 2. The molecule has 2 heterocycles. The molecular formula is C30H38N4O3. The standard InChI is InChI=1S/C30H38N4O3/c35-28(33-18-14-24(15-19-33)31-26-20-25(26)22-10-4-1-5-11-22)21-27(30(37)34-16-8-3-9-17-34)32-29(36)23-12-6-2-7-13-23/h1-2,4-7,10-13,24-27,31H,3,8-9,14-21H2,(H,32,36)/t25-,26+,27-/m0/s1. The van der Waals surface area contributed by atoms with E-state index < -0.39 is 6.04 Å². The van der Waals surface area contributed by atoms with Gasteiger partial charge in [0.2, 0.25) is 11.8 Å². The van der Waals surface area contributed by atoms with Gasteiger partial charge in [-0.25, -0.2) is 0 Å². The molecule has 0 bridgehead atoms. The summed E-state index contributed by atoms with van der Waals surface area (Å²) in [6, 6.07) is 19.6. The Balaban J connectivity index is 1.14. The molecule has 5 rings (SSSR count). The number of carbonyl (C=O) groups is 3. The summed E-state index contributed by atoms with van der Waals surface area (Å²) in [4.78, 5) is 43.2. The van der Waals surface area contributed by atoms with Gasteiger partial charge in [0.05, 0.1) is 6.42 Å². The van der Waals surface area contributed by atoms with Gasteiger partial charge in [0.25, 0.3) is 5.91 Å². The van der Waals surface area contributed by atoms with Gasteiger partial charge in [-0.3, -0.25) is 14.4 Å². The third kappa shape index (κ3) is 6.58. The Bertz CT molecular complexity index is 1060. The van der Waals surface area contributed by atoms with Crippen molar-refractivity contribution in [2.24, 2.45) is 0 Å². The second-order valence-corrected chi connectivity index (χ2v) is 10.7. The highest BCUT2D eigenvalue weighted by molar-refractivity contribution is 5.99. The Labute approximate surface area is 219 Å². The monoisotopic (exact) mass is 502 g/mol. The zero-order chi connectivity index (χ0) is 25.6. The molecule has 3 aliphatic rings. The van der Waals surface area contributed by atoms with Crippen molar-refractivity contribution in [3.63, 3.8) is 0 Å². The van der Waals surface area contributed by atoms with Crippen molar-refractivity contribution < 1.29 is 14.4 Å². The second kappa shape index (κ2) is 11.9. The first kappa shape index (κ1) is 25.5. The van der Waals surface area contributed by atoms with Crippen molar-refractivity contribution in [3.8, 4) is 0 Å². The van der Waals surface area contributed by atoms with Gasteiger partial charge in [-0.1, -0.05) is 48.5 Å². The van der Waals surface area contributed by atoms with Gasteiger partial charge < -0.3 is 20.4 Å². The molecule has 0 unspecified atom stereocenters. The molecule has 2 aliphatic heterocycles. The summed E-state index contributed by atoms with van der Waals surface area (Å²) in [6.45, 7) is 2.73. The van der Waals surface area contributed by atoms with Crippen LogP contribution in [0.15, 0.2) is 60.7 Å². The first-order valence-electron chi connectivity index (χ1n) is 13.8. The van der Waals surface area contributed by atoms with Crippen LogP contribution < -0.4 is 10.6 Å². The van der Waals surface area contributed by atoms with Crippen LogP contribution in [0.1, 0.15) is 66.8 Å². The fraction of sp³-hybridized carbons (Fsp3) is 0.500. The van der Waals surface area contributed by atoms with E-state index >= 15 is 0 Å². The van der Waals surface area contributed by atoms with Gasteiger partial charge in [-0.2, -0.15) is 0 Å². The zero-order valence-corrected chi connectivity index (χ0v) is 21.5. The maximum Gasteiger partial charge on any atom is 0.251 e. The van der Waals surface area contributed by atoms with Gasteiger partial charge in [0.15, 0.2) is 0 Å². The van der Waals surface area contributed by atoms with E-state index in [1.54, 1.807) is 24.3 Å². The average Bonchev–Trinajstić information content (AvgIpc) is 3.73. The number of hydrogen-bond donors (Lipinski definition) is 2. The van der Waals surface area contributed by atoms with E-state index in [0.717, 1.165) is 32.1 Å². The van der Waals surface area contributed by atoms with Crippen molar-refractivity contribution >= 4 is 17.7 Å². The quantitative estimate of drug-likeness (QED) is 0.580. The molecule has 2 aromatic carbocycles. The Morgan fingerprint density at radius 2 is 1.46 bits per heavy atom. The van der Waals surface area contributed by atoms with Gasteiger partial charge in [0.1, 0.15) is 6.04 Å². The molecule has 1 aliphatic carbocycles. The van der Waals surface area contributed by atoms with Crippen molar-refractivity contribution in [3.05, 3.63) is 71.8 Å². The lowest BCUT2D eigenvalue weighted by atomic mass is 10.0. The molecule has 1 saturated carbocycles. The van der Waals surface area contributed by atoms with Crippen LogP contribution in [0.4, 0.5) is 0 Å². The van der Waals surface area contributed by atoms with E-state index in [9.17, 15) is 14.4 Å². The molecule has 2 aromatic rings. The van der Waals surface area contributed by atoms with Gasteiger partial charge >= 0.3 is 0 Å². The van der Waals surface area contributed by atoms with Crippen molar-refractivity contribution in [1.29, 1.82) is 0 Å². The zero-order valence-electron chi connectivity index (χ0n) is 21.5. The predicted octanol–water partition coefficient (Wildman–Crippen LogP) is 3.32. The highest BCUT2D eigenvalue weighted by Gasteiger charge is 2.40. The lowest BCUT2D eigenvalue weighted by Gasteiger charge is -2.35. The van der Waals surface area contributed by atoms with E-state index in [1.807, 2.05) is 15.9 Å². The van der Waals surface area contributed by atoms with E-state index in [4.69, 9.17) is 0 Å². The highest BCUT2D eigenvalue weighted by Crippen LogP contribution is 2.41.